The molecule has 6 heteroatoms. The van der Waals surface area contributed by atoms with Crippen molar-refractivity contribution in [2.75, 3.05) is 13.1 Å². The Morgan fingerprint density at radius 3 is 2.14 bits per heavy atom. The first kappa shape index (κ1) is 23.5. The molecule has 1 aliphatic rings. The minimum Gasteiger partial charge on any atom is -0.349 e. The molecule has 0 saturated carbocycles. The number of imidazole rings is 1. The molecule has 0 aliphatic carbocycles. The van der Waals surface area contributed by atoms with Crippen LogP contribution in [0.4, 0.5) is 0 Å². The second-order valence-electron chi connectivity index (χ2n) is 9.36. The first-order chi connectivity index (χ1) is 17.6. The molecule has 0 radical (unpaired) electrons. The van der Waals surface area contributed by atoms with Crippen LogP contribution in [-0.4, -0.2) is 39.4 Å². The highest BCUT2D eigenvalue weighted by Gasteiger charge is 2.44. The van der Waals surface area contributed by atoms with Gasteiger partial charge in [-0.1, -0.05) is 60.7 Å². The molecule has 1 atom stereocenters. The molecular weight excluding hydrogens is 448 g/mol. The Balaban J connectivity index is 1.32. The van der Waals surface area contributed by atoms with E-state index in [2.05, 4.69) is 10.3 Å². The van der Waals surface area contributed by atoms with Crippen LogP contribution in [0.2, 0.25) is 0 Å². The van der Waals surface area contributed by atoms with Crippen LogP contribution in [-0.2, 0) is 10.2 Å². The fraction of sp³-hybridized carbons (Fsp3) is 0.233. The average Bonchev–Trinajstić information content (AvgIpc) is 3.49. The third kappa shape index (κ3) is 4.67. The van der Waals surface area contributed by atoms with Crippen molar-refractivity contribution < 1.29 is 9.59 Å². The monoisotopic (exact) mass is 478 g/mol. The first-order valence-electron chi connectivity index (χ1n) is 12.4. The van der Waals surface area contributed by atoms with E-state index in [-0.39, 0.29) is 17.9 Å². The summed E-state index contributed by atoms with van der Waals surface area (Å²) in [4.78, 5) is 33.0. The van der Waals surface area contributed by atoms with Crippen LogP contribution in [0.25, 0.3) is 5.69 Å². The molecular formula is C30H30N4O2. The molecule has 3 aromatic carbocycles. The van der Waals surface area contributed by atoms with Gasteiger partial charge in [0.1, 0.15) is 0 Å². The van der Waals surface area contributed by atoms with Crippen molar-refractivity contribution in [1.82, 2.24) is 19.8 Å². The van der Waals surface area contributed by atoms with E-state index in [1.807, 2.05) is 108 Å². The van der Waals surface area contributed by atoms with E-state index >= 15 is 0 Å². The van der Waals surface area contributed by atoms with Gasteiger partial charge < -0.3 is 14.8 Å². The molecule has 2 heterocycles. The molecule has 5 rings (SSSR count). The number of aromatic nitrogens is 2. The summed E-state index contributed by atoms with van der Waals surface area (Å²) in [7, 11) is 0. The van der Waals surface area contributed by atoms with Crippen LogP contribution < -0.4 is 5.32 Å². The summed E-state index contributed by atoms with van der Waals surface area (Å²) in [6.45, 7) is 3.05. The summed E-state index contributed by atoms with van der Waals surface area (Å²) >= 11 is 0. The fourth-order valence-corrected chi connectivity index (χ4v) is 5.03. The van der Waals surface area contributed by atoms with Crippen molar-refractivity contribution in [2.45, 2.75) is 31.2 Å². The highest BCUT2D eigenvalue weighted by molar-refractivity contribution is 5.95. The van der Waals surface area contributed by atoms with Crippen LogP contribution in [0.1, 0.15) is 47.3 Å². The number of benzene rings is 3. The number of carbonyl (C=O) groups is 2. The third-order valence-corrected chi connectivity index (χ3v) is 7.23. The number of nitrogens with zero attached hydrogens (tertiary/aromatic N) is 3. The highest BCUT2D eigenvalue weighted by Crippen LogP contribution is 2.37. The minimum atomic E-state index is -0.674. The molecule has 182 valence electrons. The number of piperidine rings is 1. The lowest BCUT2D eigenvalue weighted by molar-refractivity contribution is -0.129. The molecule has 1 aliphatic heterocycles. The van der Waals surface area contributed by atoms with Gasteiger partial charge in [-0.05, 0) is 55.2 Å². The standard InChI is InChI=1S/C30H30N4O2/c1-23(24-8-4-2-5-9-24)32-29(36)30(26-10-6-3-7-11-26)16-19-33(20-17-30)28(35)25-12-14-27(15-13-25)34-21-18-31-22-34/h2-15,18,21-23H,16-17,19-20H2,1H3,(H,32,36)/t23-/m0/s1. The maximum atomic E-state index is 13.8. The summed E-state index contributed by atoms with van der Waals surface area (Å²) in [5, 5.41) is 3.25. The van der Waals surface area contributed by atoms with Gasteiger partial charge in [-0.3, -0.25) is 9.59 Å². The van der Waals surface area contributed by atoms with Crippen molar-refractivity contribution >= 4 is 11.8 Å². The van der Waals surface area contributed by atoms with Gasteiger partial charge >= 0.3 is 0 Å². The molecule has 0 spiro atoms. The van der Waals surface area contributed by atoms with Gasteiger partial charge in [-0.2, -0.15) is 0 Å². The van der Waals surface area contributed by atoms with E-state index in [9.17, 15) is 9.59 Å². The Morgan fingerprint density at radius 2 is 1.53 bits per heavy atom. The van der Waals surface area contributed by atoms with E-state index in [0.717, 1.165) is 16.8 Å². The zero-order valence-electron chi connectivity index (χ0n) is 20.4. The fourth-order valence-electron chi connectivity index (χ4n) is 5.03. The molecule has 0 bridgehead atoms. The number of carbonyl (C=O) groups excluding carboxylic acids is 2. The normalized spacial score (nSPS) is 15.8. The Hall–Kier alpha value is -4.19. The highest BCUT2D eigenvalue weighted by atomic mass is 16.2. The lowest BCUT2D eigenvalue weighted by Crippen LogP contribution is -2.53. The Morgan fingerprint density at radius 1 is 0.889 bits per heavy atom. The molecule has 36 heavy (non-hydrogen) atoms. The Kier molecular flexibility index (Phi) is 6.67. The topological polar surface area (TPSA) is 67.2 Å². The summed E-state index contributed by atoms with van der Waals surface area (Å²) in [6, 6.07) is 27.4. The van der Waals surface area contributed by atoms with Crippen LogP contribution in [0.3, 0.4) is 0 Å². The molecule has 0 unspecified atom stereocenters. The lowest BCUT2D eigenvalue weighted by atomic mass is 9.71. The van der Waals surface area contributed by atoms with Gasteiger partial charge in [0.25, 0.3) is 5.91 Å². The number of rotatable bonds is 6. The molecule has 2 amide bonds. The van der Waals surface area contributed by atoms with Crippen molar-refractivity contribution in [3.8, 4) is 5.69 Å². The summed E-state index contributed by atoms with van der Waals surface area (Å²) in [6.07, 6.45) is 6.47. The van der Waals surface area contributed by atoms with Crippen molar-refractivity contribution in [2.24, 2.45) is 0 Å². The minimum absolute atomic E-state index is 0.00750. The number of nitrogens with one attached hydrogen (secondary N) is 1. The molecule has 1 fully saturated rings. The molecule has 6 nitrogen and oxygen atoms in total. The molecule has 1 N–H and O–H groups in total. The third-order valence-electron chi connectivity index (χ3n) is 7.23. The van der Waals surface area contributed by atoms with Gasteiger partial charge in [-0.15, -0.1) is 0 Å². The van der Waals surface area contributed by atoms with Crippen molar-refractivity contribution in [3.63, 3.8) is 0 Å². The maximum absolute atomic E-state index is 13.8. The van der Waals surface area contributed by atoms with Crippen LogP contribution >= 0.6 is 0 Å². The summed E-state index contributed by atoms with van der Waals surface area (Å²) < 4.78 is 1.90. The second-order valence-corrected chi connectivity index (χ2v) is 9.36. The number of hydrogen-bond acceptors (Lipinski definition) is 3. The van der Waals surface area contributed by atoms with Crippen LogP contribution in [0.15, 0.2) is 104 Å². The van der Waals surface area contributed by atoms with Gasteiger partial charge in [0.2, 0.25) is 5.91 Å². The lowest BCUT2D eigenvalue weighted by Gasteiger charge is -2.41. The van der Waals surface area contributed by atoms with Crippen molar-refractivity contribution in [1.29, 1.82) is 0 Å². The molecule has 1 saturated heterocycles. The Bertz CT molecular complexity index is 1290. The maximum Gasteiger partial charge on any atom is 0.253 e. The van der Waals surface area contributed by atoms with Gasteiger partial charge in [0.15, 0.2) is 0 Å². The van der Waals surface area contributed by atoms with E-state index in [1.165, 1.54) is 0 Å². The zero-order valence-corrected chi connectivity index (χ0v) is 20.4. The number of hydrogen-bond donors (Lipinski definition) is 1. The Labute approximate surface area is 211 Å². The SMILES string of the molecule is C[C@H](NC(=O)C1(c2ccccc2)CCN(C(=O)c2ccc(-n3ccnc3)cc2)CC1)c1ccccc1. The average molecular weight is 479 g/mol. The molecule has 1 aromatic heterocycles. The summed E-state index contributed by atoms with van der Waals surface area (Å²) in [5.74, 6) is 0.00809. The van der Waals surface area contributed by atoms with E-state index in [1.54, 1.807) is 12.5 Å². The summed E-state index contributed by atoms with van der Waals surface area (Å²) in [5.41, 5.74) is 3.00. The zero-order chi connectivity index (χ0) is 25.0. The number of likely N-dealkylation sites (tertiary alicyclic amines) is 1. The quantitative estimate of drug-likeness (QED) is 0.428. The first-order valence-corrected chi connectivity index (χ1v) is 12.4. The van der Waals surface area contributed by atoms with Crippen molar-refractivity contribution in [3.05, 3.63) is 120 Å². The van der Waals surface area contributed by atoms with Gasteiger partial charge in [-0.25, -0.2) is 4.98 Å². The van der Waals surface area contributed by atoms with Gasteiger partial charge in [0.05, 0.1) is 17.8 Å². The van der Waals surface area contributed by atoms with Crippen LogP contribution in [0, 0.1) is 0 Å². The van der Waals surface area contributed by atoms with E-state index in [0.29, 0.717) is 31.5 Å². The van der Waals surface area contributed by atoms with E-state index < -0.39 is 5.41 Å². The largest absolute Gasteiger partial charge is 0.349 e. The predicted molar refractivity (Wildman–Crippen MR) is 140 cm³/mol. The van der Waals surface area contributed by atoms with Gasteiger partial charge in [0, 0.05) is 36.7 Å². The van der Waals surface area contributed by atoms with E-state index in [4.69, 9.17) is 0 Å². The van der Waals surface area contributed by atoms with Crippen LogP contribution in [0.5, 0.6) is 0 Å². The smallest absolute Gasteiger partial charge is 0.253 e. The predicted octanol–water partition coefficient (Wildman–Crippen LogP) is 4.92. The number of amides is 2. The second kappa shape index (κ2) is 10.2. The molecule has 4 aromatic rings.